The Labute approximate surface area is 176 Å². The average molecular weight is 404 g/mol. The van der Waals surface area contributed by atoms with Gasteiger partial charge in [0.25, 0.3) is 5.56 Å². The highest BCUT2D eigenvalue weighted by Crippen LogP contribution is 2.22. The molecule has 5 heteroatoms. The van der Waals surface area contributed by atoms with Crippen LogP contribution in [-0.2, 0) is 19.3 Å². The molecule has 0 spiro atoms. The van der Waals surface area contributed by atoms with Crippen molar-refractivity contribution in [2.75, 3.05) is 0 Å². The molecule has 0 saturated carbocycles. The van der Waals surface area contributed by atoms with Gasteiger partial charge in [0.05, 0.1) is 11.5 Å². The van der Waals surface area contributed by atoms with Crippen LogP contribution in [0.15, 0.2) is 65.7 Å². The van der Waals surface area contributed by atoms with Crippen LogP contribution in [0.25, 0.3) is 5.69 Å². The molecule has 3 rings (SSSR count). The minimum absolute atomic E-state index is 0.116. The first-order chi connectivity index (χ1) is 14.4. The molecule has 1 aromatic heterocycles. The normalized spacial score (nSPS) is 11.3. The highest BCUT2D eigenvalue weighted by molar-refractivity contribution is 5.35. The first-order valence-electron chi connectivity index (χ1n) is 10.2. The summed E-state index contributed by atoms with van der Waals surface area (Å²) in [6.45, 7) is 3.88. The molecule has 0 fully saturated rings. The monoisotopic (exact) mass is 403 g/mol. The summed E-state index contributed by atoms with van der Waals surface area (Å²) < 4.78 is 14.6. The number of aryl methyl sites for hydroxylation is 3. The van der Waals surface area contributed by atoms with Crippen LogP contribution < -0.4 is 5.56 Å². The Bertz CT molecular complexity index is 1080. The summed E-state index contributed by atoms with van der Waals surface area (Å²) in [6, 6.07) is 16.6. The van der Waals surface area contributed by atoms with Crippen molar-refractivity contribution in [2.24, 2.45) is 5.41 Å². The van der Waals surface area contributed by atoms with Crippen LogP contribution in [-0.4, -0.2) is 9.55 Å². The van der Waals surface area contributed by atoms with Gasteiger partial charge >= 0.3 is 0 Å². The molecule has 4 nitrogen and oxygen atoms in total. The number of rotatable bonds is 8. The fraction of sp³-hybridized carbons (Fsp3) is 0.320. The number of aromatic nitrogens is 2. The van der Waals surface area contributed by atoms with E-state index in [9.17, 15) is 9.18 Å². The van der Waals surface area contributed by atoms with E-state index < -0.39 is 0 Å². The number of nitrogens with zero attached hydrogens (tertiary/aromatic N) is 3. The van der Waals surface area contributed by atoms with Crippen molar-refractivity contribution in [3.63, 3.8) is 0 Å². The van der Waals surface area contributed by atoms with Crippen LogP contribution in [0.4, 0.5) is 4.39 Å². The zero-order valence-corrected chi connectivity index (χ0v) is 17.4. The summed E-state index contributed by atoms with van der Waals surface area (Å²) in [5.74, 6) is -0.244. The van der Waals surface area contributed by atoms with Gasteiger partial charge in [-0.1, -0.05) is 24.3 Å². The van der Waals surface area contributed by atoms with E-state index >= 15 is 0 Å². The van der Waals surface area contributed by atoms with Crippen molar-refractivity contribution < 1.29 is 4.39 Å². The smallest absolute Gasteiger partial charge is 0.276 e. The van der Waals surface area contributed by atoms with Gasteiger partial charge in [0, 0.05) is 18.1 Å². The lowest BCUT2D eigenvalue weighted by Crippen LogP contribution is -2.23. The molecule has 0 saturated heterocycles. The summed E-state index contributed by atoms with van der Waals surface area (Å²) in [4.78, 5) is 17.1. The second-order valence-electron chi connectivity index (χ2n) is 8.19. The number of nitriles is 1. The van der Waals surface area contributed by atoms with Gasteiger partial charge in [0.1, 0.15) is 11.5 Å². The van der Waals surface area contributed by atoms with E-state index in [1.165, 1.54) is 12.1 Å². The minimum atomic E-state index is -0.344. The SMILES string of the molecule is CC(C)(C#N)CCc1ccc(-n2ccnc(CCCc3ccc(F)cc3)c2=O)cc1. The lowest BCUT2D eigenvalue weighted by atomic mass is 9.88. The Morgan fingerprint density at radius 1 is 1.00 bits per heavy atom. The molecule has 0 atom stereocenters. The van der Waals surface area contributed by atoms with Crippen molar-refractivity contribution in [3.8, 4) is 11.8 Å². The predicted octanol–water partition coefficient (Wildman–Crippen LogP) is 5.03. The second-order valence-corrected chi connectivity index (χ2v) is 8.19. The van der Waals surface area contributed by atoms with Gasteiger partial charge in [-0.05, 0) is 81.3 Å². The van der Waals surface area contributed by atoms with Crippen LogP contribution in [0, 0.1) is 22.6 Å². The molecule has 3 aromatic rings. The van der Waals surface area contributed by atoms with Crippen molar-refractivity contribution in [1.29, 1.82) is 5.26 Å². The maximum Gasteiger partial charge on any atom is 0.276 e. The van der Waals surface area contributed by atoms with Gasteiger partial charge in [-0.3, -0.25) is 14.3 Å². The van der Waals surface area contributed by atoms with E-state index in [-0.39, 0.29) is 16.8 Å². The van der Waals surface area contributed by atoms with Crippen molar-refractivity contribution in [2.45, 2.75) is 46.0 Å². The maximum absolute atomic E-state index is 13.0. The summed E-state index contributed by atoms with van der Waals surface area (Å²) in [5, 5.41) is 9.15. The van der Waals surface area contributed by atoms with E-state index in [0.717, 1.165) is 42.5 Å². The maximum atomic E-state index is 13.0. The zero-order valence-electron chi connectivity index (χ0n) is 17.4. The third kappa shape index (κ3) is 5.64. The summed E-state index contributed by atoms with van der Waals surface area (Å²) in [5.41, 5.74) is 3.05. The molecule has 0 aliphatic heterocycles. The predicted molar refractivity (Wildman–Crippen MR) is 116 cm³/mol. The lowest BCUT2D eigenvalue weighted by Gasteiger charge is -2.15. The molecule has 30 heavy (non-hydrogen) atoms. The Morgan fingerprint density at radius 3 is 2.30 bits per heavy atom. The first kappa shape index (κ1) is 21.4. The average Bonchev–Trinajstić information content (AvgIpc) is 2.75. The summed E-state index contributed by atoms with van der Waals surface area (Å²) in [7, 11) is 0. The quantitative estimate of drug-likeness (QED) is 0.530. The Kier molecular flexibility index (Phi) is 6.79. The van der Waals surface area contributed by atoms with Gasteiger partial charge in [0.15, 0.2) is 0 Å². The van der Waals surface area contributed by atoms with E-state index in [2.05, 4.69) is 11.1 Å². The van der Waals surface area contributed by atoms with Crippen LogP contribution in [0.5, 0.6) is 0 Å². The van der Waals surface area contributed by atoms with Crippen molar-refractivity contribution >= 4 is 0 Å². The van der Waals surface area contributed by atoms with Gasteiger partial charge < -0.3 is 0 Å². The van der Waals surface area contributed by atoms with E-state index in [4.69, 9.17) is 5.26 Å². The zero-order chi connectivity index (χ0) is 21.6. The van der Waals surface area contributed by atoms with Crippen molar-refractivity contribution in [1.82, 2.24) is 9.55 Å². The molecule has 0 amide bonds. The molecule has 0 N–H and O–H groups in total. The lowest BCUT2D eigenvalue weighted by molar-refractivity contribution is 0.452. The van der Waals surface area contributed by atoms with E-state index in [1.54, 1.807) is 29.1 Å². The molecule has 0 unspecified atom stereocenters. The standard InChI is InChI=1S/C25H26FN3O/c1-25(2,18-27)15-14-20-8-12-22(13-9-20)29-17-16-28-23(24(29)30)5-3-4-19-6-10-21(26)11-7-19/h6-13,16-17H,3-5,14-15H2,1-2H3. The fourth-order valence-electron chi connectivity index (χ4n) is 3.27. The van der Waals surface area contributed by atoms with E-state index in [0.29, 0.717) is 12.1 Å². The molecule has 0 aliphatic rings. The summed E-state index contributed by atoms with van der Waals surface area (Å²) >= 11 is 0. The number of hydrogen-bond acceptors (Lipinski definition) is 3. The topological polar surface area (TPSA) is 58.7 Å². The van der Waals surface area contributed by atoms with E-state index in [1.807, 2.05) is 38.1 Å². The first-order valence-corrected chi connectivity index (χ1v) is 10.2. The number of halogens is 1. The Hall–Kier alpha value is -3.26. The van der Waals surface area contributed by atoms with Crippen LogP contribution in [0.3, 0.4) is 0 Å². The molecular formula is C25H26FN3O. The van der Waals surface area contributed by atoms with Crippen LogP contribution in [0.2, 0.25) is 0 Å². The van der Waals surface area contributed by atoms with Gasteiger partial charge in [-0.2, -0.15) is 5.26 Å². The third-order valence-electron chi connectivity index (χ3n) is 5.26. The molecule has 2 aromatic carbocycles. The fourth-order valence-corrected chi connectivity index (χ4v) is 3.27. The molecule has 0 bridgehead atoms. The molecule has 1 heterocycles. The highest BCUT2D eigenvalue weighted by atomic mass is 19.1. The highest BCUT2D eigenvalue weighted by Gasteiger charge is 2.16. The summed E-state index contributed by atoms with van der Waals surface area (Å²) in [6.07, 6.45) is 7.04. The largest absolute Gasteiger partial charge is 0.281 e. The van der Waals surface area contributed by atoms with Crippen LogP contribution in [0.1, 0.15) is 43.5 Å². The molecular weight excluding hydrogens is 377 g/mol. The number of hydrogen-bond donors (Lipinski definition) is 0. The van der Waals surface area contributed by atoms with Gasteiger partial charge in [-0.15, -0.1) is 0 Å². The molecule has 0 aliphatic carbocycles. The Balaban J connectivity index is 1.66. The molecule has 0 radical (unpaired) electrons. The second kappa shape index (κ2) is 9.49. The molecule has 154 valence electrons. The third-order valence-corrected chi connectivity index (χ3v) is 5.26. The van der Waals surface area contributed by atoms with Gasteiger partial charge in [-0.25, -0.2) is 4.39 Å². The Morgan fingerprint density at radius 2 is 1.63 bits per heavy atom. The van der Waals surface area contributed by atoms with Gasteiger partial charge in [0.2, 0.25) is 0 Å². The minimum Gasteiger partial charge on any atom is -0.281 e. The number of benzene rings is 2. The van der Waals surface area contributed by atoms with Crippen LogP contribution >= 0.6 is 0 Å². The van der Waals surface area contributed by atoms with Crippen molar-refractivity contribution in [3.05, 3.63) is 93.9 Å².